The van der Waals surface area contributed by atoms with Gasteiger partial charge in [-0.25, -0.2) is 14.6 Å². The molecule has 1 amide bonds. The molecular weight excluding hydrogens is 408 g/mol. The number of carbonyl (C=O) groups excluding carboxylic acids is 1. The molecule has 1 atom stereocenters. The van der Waals surface area contributed by atoms with Crippen LogP contribution in [0.3, 0.4) is 0 Å². The Bertz CT molecular complexity index is 1280. The Morgan fingerprint density at radius 1 is 1.38 bits per heavy atom. The van der Waals surface area contributed by atoms with Gasteiger partial charge in [0.25, 0.3) is 5.56 Å². The molecule has 0 unspecified atom stereocenters. The molecule has 8 nitrogen and oxygen atoms in total. The van der Waals surface area contributed by atoms with Gasteiger partial charge in [-0.05, 0) is 24.6 Å². The van der Waals surface area contributed by atoms with Gasteiger partial charge in [-0.2, -0.15) is 5.10 Å². The number of amides is 1. The molecule has 4 aromatic rings. The lowest BCUT2D eigenvalue weighted by molar-refractivity contribution is -0.116. The van der Waals surface area contributed by atoms with Crippen LogP contribution in [0.4, 0.5) is 5.13 Å². The van der Waals surface area contributed by atoms with E-state index in [9.17, 15) is 9.59 Å². The molecule has 1 aliphatic heterocycles. The van der Waals surface area contributed by atoms with Crippen LogP contribution in [0.2, 0.25) is 0 Å². The van der Waals surface area contributed by atoms with Gasteiger partial charge in [-0.15, -0.1) is 11.3 Å². The minimum atomic E-state index is -0.248. The number of rotatable bonds is 4. The second-order valence-corrected chi connectivity index (χ2v) is 8.64. The number of thioether (sulfide) groups is 1. The Kier molecular flexibility index (Phi) is 4.44. The molecule has 0 spiro atoms. The number of hydrogen-bond donors (Lipinski definition) is 1. The molecule has 0 fully saturated rings. The Labute approximate surface area is 173 Å². The zero-order valence-corrected chi connectivity index (χ0v) is 17.0. The Morgan fingerprint density at radius 3 is 3.07 bits per heavy atom. The van der Waals surface area contributed by atoms with Crippen LogP contribution in [0.15, 0.2) is 52.0 Å². The lowest BCUT2D eigenvalue weighted by Gasteiger charge is -2.12. The van der Waals surface area contributed by atoms with E-state index in [0.717, 1.165) is 11.3 Å². The smallest absolute Gasteiger partial charge is 0.265 e. The van der Waals surface area contributed by atoms with Crippen molar-refractivity contribution in [1.29, 1.82) is 0 Å². The van der Waals surface area contributed by atoms with E-state index in [-0.39, 0.29) is 23.9 Å². The van der Waals surface area contributed by atoms with Crippen molar-refractivity contribution in [2.45, 2.75) is 24.5 Å². The van der Waals surface area contributed by atoms with E-state index in [1.165, 1.54) is 23.1 Å². The number of hydrogen-bond acceptors (Lipinski definition) is 7. The summed E-state index contributed by atoms with van der Waals surface area (Å²) in [5.41, 5.74) is 2.33. The fourth-order valence-electron chi connectivity index (χ4n) is 3.40. The number of fused-ring (bicyclic) bond motifs is 2. The first-order chi connectivity index (χ1) is 14.1. The quantitative estimate of drug-likeness (QED) is 0.506. The van der Waals surface area contributed by atoms with Crippen LogP contribution in [0.5, 0.6) is 0 Å². The average molecular weight is 425 g/mol. The van der Waals surface area contributed by atoms with Crippen molar-refractivity contribution in [2.75, 3.05) is 11.1 Å². The average Bonchev–Trinajstić information content (AvgIpc) is 3.42. The predicted octanol–water partition coefficient (Wildman–Crippen LogP) is 3.02. The lowest BCUT2D eigenvalue weighted by Crippen LogP contribution is -2.27. The first-order valence-corrected chi connectivity index (χ1v) is 10.9. The molecule has 1 N–H and O–H groups in total. The normalized spacial score (nSPS) is 15.6. The van der Waals surface area contributed by atoms with Gasteiger partial charge in [0.15, 0.2) is 15.9 Å². The summed E-state index contributed by atoms with van der Waals surface area (Å²) in [7, 11) is 0. The third kappa shape index (κ3) is 3.23. The van der Waals surface area contributed by atoms with Crippen LogP contribution in [0, 0.1) is 6.92 Å². The van der Waals surface area contributed by atoms with Crippen molar-refractivity contribution < 1.29 is 4.79 Å². The number of thiazole rings is 1. The van der Waals surface area contributed by atoms with Crippen LogP contribution in [0.1, 0.15) is 18.0 Å². The molecule has 1 aromatic carbocycles. The van der Waals surface area contributed by atoms with E-state index in [4.69, 9.17) is 4.98 Å². The SMILES string of the molecule is Cc1cccc(-n2ncc3c(=O)n4c(nc32)SC[C@H]4CC(=O)Nc2nccs2)c1. The largest absolute Gasteiger partial charge is 0.302 e. The maximum absolute atomic E-state index is 13.2. The summed E-state index contributed by atoms with van der Waals surface area (Å²) in [5.74, 6) is 0.457. The van der Waals surface area contributed by atoms with Crippen LogP contribution in [-0.2, 0) is 4.79 Å². The fourth-order valence-corrected chi connectivity index (χ4v) is 5.07. The zero-order valence-electron chi connectivity index (χ0n) is 15.4. The van der Waals surface area contributed by atoms with Crippen LogP contribution in [-0.4, -0.2) is 36.0 Å². The second kappa shape index (κ2) is 7.12. The summed E-state index contributed by atoms with van der Waals surface area (Å²) in [6.07, 6.45) is 3.38. The summed E-state index contributed by atoms with van der Waals surface area (Å²) >= 11 is 2.84. The molecule has 29 heavy (non-hydrogen) atoms. The second-order valence-electron chi connectivity index (χ2n) is 6.76. The molecule has 0 radical (unpaired) electrons. The maximum atomic E-state index is 13.2. The molecule has 0 bridgehead atoms. The molecule has 3 aromatic heterocycles. The van der Waals surface area contributed by atoms with E-state index in [1.807, 2.05) is 31.2 Å². The van der Waals surface area contributed by atoms with E-state index in [2.05, 4.69) is 15.4 Å². The maximum Gasteiger partial charge on any atom is 0.265 e. The van der Waals surface area contributed by atoms with Crippen LogP contribution in [0.25, 0.3) is 16.7 Å². The van der Waals surface area contributed by atoms with Crippen molar-refractivity contribution in [3.05, 3.63) is 58.0 Å². The molecule has 146 valence electrons. The first-order valence-electron chi connectivity index (χ1n) is 8.99. The van der Waals surface area contributed by atoms with E-state index in [0.29, 0.717) is 27.1 Å². The van der Waals surface area contributed by atoms with E-state index >= 15 is 0 Å². The summed E-state index contributed by atoms with van der Waals surface area (Å²) in [4.78, 5) is 34.3. The van der Waals surface area contributed by atoms with Gasteiger partial charge in [0.1, 0.15) is 5.39 Å². The number of carbonyl (C=O) groups is 1. The lowest BCUT2D eigenvalue weighted by atomic mass is 10.2. The van der Waals surface area contributed by atoms with E-state index < -0.39 is 0 Å². The topological polar surface area (TPSA) is 94.7 Å². The molecule has 0 saturated carbocycles. The highest BCUT2D eigenvalue weighted by Gasteiger charge is 2.29. The van der Waals surface area contributed by atoms with Crippen molar-refractivity contribution in [3.8, 4) is 5.69 Å². The Hall–Kier alpha value is -2.98. The van der Waals surface area contributed by atoms with Crippen molar-refractivity contribution in [2.24, 2.45) is 0 Å². The van der Waals surface area contributed by atoms with Gasteiger partial charge in [-0.3, -0.25) is 14.2 Å². The third-order valence-corrected chi connectivity index (χ3v) is 6.50. The van der Waals surface area contributed by atoms with E-state index in [1.54, 1.807) is 27.0 Å². The number of benzene rings is 1. The van der Waals surface area contributed by atoms with Gasteiger partial charge in [0.05, 0.1) is 17.9 Å². The molecule has 1 aliphatic rings. The minimum Gasteiger partial charge on any atom is -0.302 e. The number of nitrogens with zero attached hydrogens (tertiary/aromatic N) is 5. The van der Waals surface area contributed by atoms with Gasteiger partial charge in [0.2, 0.25) is 5.91 Å². The predicted molar refractivity (Wildman–Crippen MR) is 113 cm³/mol. The molecule has 4 heterocycles. The zero-order chi connectivity index (χ0) is 20.0. The van der Waals surface area contributed by atoms with Gasteiger partial charge >= 0.3 is 0 Å². The molecule has 10 heteroatoms. The summed E-state index contributed by atoms with van der Waals surface area (Å²) < 4.78 is 3.31. The number of anilines is 1. The summed E-state index contributed by atoms with van der Waals surface area (Å²) in [5, 5.41) is 10.6. The number of aromatic nitrogens is 5. The van der Waals surface area contributed by atoms with Crippen molar-refractivity contribution in [1.82, 2.24) is 24.3 Å². The first kappa shape index (κ1) is 18.1. The fraction of sp³-hybridized carbons (Fsp3) is 0.211. The molecule has 0 aliphatic carbocycles. The highest BCUT2D eigenvalue weighted by molar-refractivity contribution is 7.99. The standard InChI is InChI=1S/C19H16N6O2S2/c1-11-3-2-4-12(7-11)25-16-14(9-21-25)17(27)24-13(10-29-19(24)23-16)8-15(26)22-18-20-5-6-28-18/h2-7,9,13H,8,10H2,1H3,(H,20,22,26)/t13-/m1/s1. The highest BCUT2D eigenvalue weighted by Crippen LogP contribution is 2.33. The molecule has 0 saturated heterocycles. The molecule has 5 rings (SSSR count). The minimum absolute atomic E-state index is 0.166. The van der Waals surface area contributed by atoms with Crippen molar-refractivity contribution >= 4 is 45.2 Å². The van der Waals surface area contributed by atoms with Crippen molar-refractivity contribution in [3.63, 3.8) is 0 Å². The van der Waals surface area contributed by atoms with Gasteiger partial charge < -0.3 is 5.32 Å². The third-order valence-electron chi connectivity index (χ3n) is 4.72. The summed E-state index contributed by atoms with van der Waals surface area (Å²) in [6.45, 7) is 2.01. The van der Waals surface area contributed by atoms with Gasteiger partial charge in [-0.1, -0.05) is 23.9 Å². The number of aryl methyl sites for hydroxylation is 1. The molecular formula is C19H16N6O2S2. The Balaban J connectivity index is 1.49. The summed E-state index contributed by atoms with van der Waals surface area (Å²) in [6, 6.07) is 7.64. The van der Waals surface area contributed by atoms with Crippen LogP contribution < -0.4 is 10.9 Å². The highest BCUT2D eigenvalue weighted by atomic mass is 32.2. The Morgan fingerprint density at radius 2 is 2.28 bits per heavy atom. The van der Waals surface area contributed by atoms with Gasteiger partial charge in [0, 0.05) is 23.8 Å². The van der Waals surface area contributed by atoms with Crippen LogP contribution >= 0.6 is 23.1 Å². The monoisotopic (exact) mass is 424 g/mol. The number of nitrogens with one attached hydrogen (secondary N) is 1.